The van der Waals surface area contributed by atoms with E-state index in [2.05, 4.69) is 15.5 Å². The zero-order valence-electron chi connectivity index (χ0n) is 15.0. The number of rotatable bonds is 9. The number of amides is 1. The molecule has 0 aliphatic heterocycles. The molecular formula is C20H19F2N3O2S. The quantitative estimate of drug-likeness (QED) is 0.427. The largest absolute Gasteiger partial charge is 0.356 e. The monoisotopic (exact) mass is 403 g/mol. The third-order valence-electron chi connectivity index (χ3n) is 3.86. The summed E-state index contributed by atoms with van der Waals surface area (Å²) < 4.78 is 30.9. The molecule has 0 aliphatic carbocycles. The lowest BCUT2D eigenvalue weighted by molar-refractivity contribution is -0.121. The van der Waals surface area contributed by atoms with E-state index in [1.54, 1.807) is 36.0 Å². The zero-order valence-corrected chi connectivity index (χ0v) is 15.8. The van der Waals surface area contributed by atoms with E-state index in [9.17, 15) is 13.6 Å². The predicted molar refractivity (Wildman–Crippen MR) is 103 cm³/mol. The summed E-state index contributed by atoms with van der Waals surface area (Å²) in [6.07, 6.45) is 1.39. The maximum atomic E-state index is 12.9. The number of nitrogens with zero attached hydrogens (tertiary/aromatic N) is 2. The Hall–Kier alpha value is -2.74. The molecule has 2 aromatic carbocycles. The van der Waals surface area contributed by atoms with Crippen molar-refractivity contribution in [1.29, 1.82) is 0 Å². The smallest absolute Gasteiger partial charge is 0.227 e. The Kier molecular flexibility index (Phi) is 7.13. The van der Waals surface area contributed by atoms with Gasteiger partial charge < -0.3 is 9.84 Å². The summed E-state index contributed by atoms with van der Waals surface area (Å²) in [5.41, 5.74) is 0.652. The van der Waals surface area contributed by atoms with E-state index >= 15 is 0 Å². The van der Waals surface area contributed by atoms with Gasteiger partial charge in [-0.1, -0.05) is 5.16 Å². The van der Waals surface area contributed by atoms with E-state index in [0.717, 1.165) is 17.1 Å². The fourth-order valence-corrected chi connectivity index (χ4v) is 3.26. The number of nitrogens with one attached hydrogen (secondary N) is 1. The minimum absolute atomic E-state index is 0.0895. The second-order valence-corrected chi connectivity index (χ2v) is 7.19. The molecule has 0 aliphatic rings. The number of carbonyl (C=O) groups excluding carboxylic acids is 1. The van der Waals surface area contributed by atoms with E-state index in [4.69, 9.17) is 4.52 Å². The SMILES string of the molecule is O=C(CCc1nc(-c2ccc(F)cc2)no1)NCCCSc1ccc(F)cc1. The maximum absolute atomic E-state index is 12.9. The van der Waals surface area contributed by atoms with Crippen LogP contribution in [-0.4, -0.2) is 28.3 Å². The van der Waals surface area contributed by atoms with Crippen LogP contribution in [0.5, 0.6) is 0 Å². The summed E-state index contributed by atoms with van der Waals surface area (Å²) >= 11 is 1.62. The van der Waals surface area contributed by atoms with Crippen molar-refractivity contribution in [2.24, 2.45) is 0 Å². The highest BCUT2D eigenvalue weighted by Gasteiger charge is 2.10. The number of benzene rings is 2. The number of hydrogen-bond donors (Lipinski definition) is 1. The Balaban J connectivity index is 1.33. The predicted octanol–water partition coefficient (Wildman–Crippen LogP) is 4.25. The van der Waals surface area contributed by atoms with Crippen molar-refractivity contribution in [2.45, 2.75) is 24.2 Å². The van der Waals surface area contributed by atoms with Gasteiger partial charge in [0.2, 0.25) is 17.6 Å². The molecule has 1 aromatic heterocycles. The topological polar surface area (TPSA) is 68.0 Å². The normalized spacial score (nSPS) is 10.8. The molecular weight excluding hydrogens is 384 g/mol. The standard InChI is InChI=1S/C20H19F2N3O2S/c21-15-4-2-14(3-5-15)20-24-19(27-25-20)11-10-18(26)23-12-1-13-28-17-8-6-16(22)7-9-17/h2-9H,1,10-13H2,(H,23,26). The maximum Gasteiger partial charge on any atom is 0.227 e. The van der Waals surface area contributed by atoms with Crippen molar-refractivity contribution in [2.75, 3.05) is 12.3 Å². The fourth-order valence-electron chi connectivity index (χ4n) is 2.40. The van der Waals surface area contributed by atoms with Crippen molar-refractivity contribution in [3.63, 3.8) is 0 Å². The molecule has 1 N–H and O–H groups in total. The average molecular weight is 403 g/mol. The number of halogens is 2. The molecule has 3 rings (SSSR count). The van der Waals surface area contributed by atoms with Crippen molar-refractivity contribution in [1.82, 2.24) is 15.5 Å². The Labute approximate surface area is 165 Å². The first-order valence-corrected chi connectivity index (χ1v) is 9.82. The summed E-state index contributed by atoms with van der Waals surface area (Å²) in [5.74, 6) is 0.891. The van der Waals surface area contributed by atoms with Crippen LogP contribution in [0.3, 0.4) is 0 Å². The molecule has 0 saturated carbocycles. The van der Waals surface area contributed by atoms with Gasteiger partial charge >= 0.3 is 0 Å². The summed E-state index contributed by atoms with van der Waals surface area (Å²) in [6.45, 7) is 0.567. The van der Waals surface area contributed by atoms with Crippen LogP contribution in [0.15, 0.2) is 57.9 Å². The van der Waals surface area contributed by atoms with E-state index in [1.807, 2.05) is 0 Å². The number of aromatic nitrogens is 2. The van der Waals surface area contributed by atoms with Crippen LogP contribution in [0.4, 0.5) is 8.78 Å². The van der Waals surface area contributed by atoms with Crippen LogP contribution < -0.4 is 5.32 Å². The molecule has 0 unspecified atom stereocenters. The van der Waals surface area contributed by atoms with Gasteiger partial charge in [-0.25, -0.2) is 8.78 Å². The highest BCUT2D eigenvalue weighted by molar-refractivity contribution is 7.99. The second kappa shape index (κ2) is 9.98. The average Bonchev–Trinajstić information content (AvgIpc) is 3.17. The summed E-state index contributed by atoms with van der Waals surface area (Å²) in [5, 5.41) is 6.70. The number of thioether (sulfide) groups is 1. The van der Waals surface area contributed by atoms with Crippen LogP contribution in [0.1, 0.15) is 18.7 Å². The van der Waals surface area contributed by atoms with Gasteiger partial charge in [0.05, 0.1) is 0 Å². The van der Waals surface area contributed by atoms with Crippen LogP contribution in [0.25, 0.3) is 11.4 Å². The molecule has 8 heteroatoms. The zero-order chi connectivity index (χ0) is 19.8. The highest BCUT2D eigenvalue weighted by Crippen LogP contribution is 2.19. The first-order valence-electron chi connectivity index (χ1n) is 8.84. The minimum atomic E-state index is -0.333. The van der Waals surface area contributed by atoms with Crippen LogP contribution in [0.2, 0.25) is 0 Å². The molecule has 0 spiro atoms. The van der Waals surface area contributed by atoms with Gasteiger partial charge in [0.1, 0.15) is 11.6 Å². The highest BCUT2D eigenvalue weighted by atomic mass is 32.2. The van der Waals surface area contributed by atoms with Crippen LogP contribution in [0, 0.1) is 11.6 Å². The van der Waals surface area contributed by atoms with Gasteiger partial charge in [0.25, 0.3) is 0 Å². The van der Waals surface area contributed by atoms with Gasteiger partial charge in [-0.05, 0) is 60.7 Å². The van der Waals surface area contributed by atoms with E-state index in [0.29, 0.717) is 30.2 Å². The molecule has 0 atom stereocenters. The van der Waals surface area contributed by atoms with Crippen LogP contribution in [-0.2, 0) is 11.2 Å². The minimum Gasteiger partial charge on any atom is -0.356 e. The molecule has 0 fully saturated rings. The number of hydrogen-bond acceptors (Lipinski definition) is 5. The molecule has 28 heavy (non-hydrogen) atoms. The van der Waals surface area contributed by atoms with Crippen molar-refractivity contribution in [3.8, 4) is 11.4 Å². The first kappa shape index (κ1) is 20.0. The van der Waals surface area contributed by atoms with E-state index in [1.165, 1.54) is 24.3 Å². The van der Waals surface area contributed by atoms with Crippen LogP contribution >= 0.6 is 11.8 Å². The van der Waals surface area contributed by atoms with E-state index in [-0.39, 0.29) is 24.0 Å². The molecule has 146 valence electrons. The van der Waals surface area contributed by atoms with Crippen molar-refractivity contribution < 1.29 is 18.1 Å². The lowest BCUT2D eigenvalue weighted by atomic mass is 10.2. The molecule has 0 bridgehead atoms. The van der Waals surface area contributed by atoms with Gasteiger partial charge in [-0.2, -0.15) is 4.98 Å². The molecule has 0 saturated heterocycles. The Morgan fingerprint density at radius 3 is 2.43 bits per heavy atom. The van der Waals surface area contributed by atoms with E-state index < -0.39 is 0 Å². The molecule has 1 heterocycles. The Morgan fingerprint density at radius 1 is 1.04 bits per heavy atom. The third-order valence-corrected chi connectivity index (χ3v) is 4.96. The second-order valence-electron chi connectivity index (χ2n) is 6.02. The number of aryl methyl sites for hydroxylation is 1. The Bertz CT molecular complexity index is 899. The molecule has 5 nitrogen and oxygen atoms in total. The fraction of sp³-hybridized carbons (Fsp3) is 0.250. The van der Waals surface area contributed by atoms with Crippen molar-refractivity contribution in [3.05, 3.63) is 66.1 Å². The lowest BCUT2D eigenvalue weighted by Gasteiger charge is -2.04. The number of carbonyl (C=O) groups is 1. The van der Waals surface area contributed by atoms with Gasteiger partial charge in [-0.15, -0.1) is 11.8 Å². The molecule has 1 amide bonds. The lowest BCUT2D eigenvalue weighted by Crippen LogP contribution is -2.25. The van der Waals surface area contributed by atoms with Gasteiger partial charge in [0, 0.05) is 29.8 Å². The summed E-state index contributed by atoms with van der Waals surface area (Å²) in [4.78, 5) is 17.1. The van der Waals surface area contributed by atoms with Gasteiger partial charge in [-0.3, -0.25) is 4.79 Å². The molecule has 3 aromatic rings. The van der Waals surface area contributed by atoms with Gasteiger partial charge in [0.15, 0.2) is 0 Å². The summed E-state index contributed by atoms with van der Waals surface area (Å²) in [7, 11) is 0. The summed E-state index contributed by atoms with van der Waals surface area (Å²) in [6, 6.07) is 12.1. The van der Waals surface area contributed by atoms with Crippen molar-refractivity contribution >= 4 is 17.7 Å². The molecule has 0 radical (unpaired) electrons. The Morgan fingerprint density at radius 2 is 1.71 bits per heavy atom. The third kappa shape index (κ3) is 6.16. The first-order chi connectivity index (χ1) is 13.6.